The van der Waals surface area contributed by atoms with Crippen LogP contribution in [0.1, 0.15) is 44.9 Å². The van der Waals surface area contributed by atoms with Crippen LogP contribution in [0.2, 0.25) is 0 Å². The molecular formula is C23H34ClN3O3. The van der Waals surface area contributed by atoms with Crippen LogP contribution in [0.3, 0.4) is 0 Å². The third kappa shape index (κ3) is 5.40. The first-order chi connectivity index (χ1) is 14.5. The van der Waals surface area contributed by atoms with Gasteiger partial charge in [-0.2, -0.15) is 0 Å². The molecule has 0 atom stereocenters. The smallest absolute Gasteiger partial charge is 0.235 e. The minimum absolute atomic E-state index is 0.0732. The molecule has 3 aliphatic rings. The number of rotatable bonds is 7. The van der Waals surface area contributed by atoms with Gasteiger partial charge in [0, 0.05) is 44.5 Å². The van der Waals surface area contributed by atoms with Crippen molar-refractivity contribution in [1.29, 1.82) is 0 Å². The highest BCUT2D eigenvalue weighted by Gasteiger charge is 2.33. The molecule has 7 heteroatoms. The number of amides is 1. The Bertz CT molecular complexity index is 694. The molecule has 2 N–H and O–H groups in total. The predicted molar refractivity (Wildman–Crippen MR) is 119 cm³/mol. The maximum Gasteiger partial charge on any atom is 0.235 e. The van der Waals surface area contributed by atoms with Crippen molar-refractivity contribution in [3.8, 4) is 5.75 Å². The van der Waals surface area contributed by atoms with Gasteiger partial charge >= 0.3 is 0 Å². The highest BCUT2D eigenvalue weighted by atomic mass is 35.5. The maximum atomic E-state index is 11.3. The summed E-state index contributed by atoms with van der Waals surface area (Å²) in [6.07, 6.45) is 7.94. The van der Waals surface area contributed by atoms with Gasteiger partial charge in [0.2, 0.25) is 5.91 Å². The Balaban J connectivity index is 1.22. The third-order valence-electron chi connectivity index (χ3n) is 7.00. The second-order valence-corrected chi connectivity index (χ2v) is 9.32. The number of carbonyl (C=O) groups is 1. The minimum Gasteiger partial charge on any atom is -0.490 e. The second-order valence-electron chi connectivity index (χ2n) is 9.05. The van der Waals surface area contributed by atoms with E-state index in [-0.39, 0.29) is 18.3 Å². The standard InChI is InChI=1S/C23H34ClN3O3/c24-16-22(28)25-17-23(29)10-14-27(15-11-23)19-4-6-20(7-5-19)30-21-8-12-26(13-9-21)18-2-1-3-18/h4-7,18,21,29H,1-3,8-17H2,(H,25,28). The number of nitrogens with one attached hydrogen (secondary N) is 1. The number of carbonyl (C=O) groups excluding carboxylic acids is 1. The quantitative estimate of drug-likeness (QED) is 0.645. The molecule has 1 amide bonds. The van der Waals surface area contributed by atoms with Crippen LogP contribution >= 0.6 is 11.6 Å². The van der Waals surface area contributed by atoms with E-state index in [9.17, 15) is 9.90 Å². The molecule has 2 saturated heterocycles. The molecule has 2 heterocycles. The van der Waals surface area contributed by atoms with E-state index in [1.54, 1.807) is 0 Å². The third-order valence-corrected chi connectivity index (χ3v) is 7.25. The van der Waals surface area contributed by atoms with Gasteiger partial charge in [0.05, 0.1) is 5.60 Å². The van der Waals surface area contributed by atoms with E-state index in [2.05, 4.69) is 39.4 Å². The number of aliphatic hydroxyl groups is 1. The van der Waals surface area contributed by atoms with Crippen molar-refractivity contribution in [3.63, 3.8) is 0 Å². The summed E-state index contributed by atoms with van der Waals surface area (Å²) in [7, 11) is 0. The number of halogens is 1. The van der Waals surface area contributed by atoms with Gasteiger partial charge in [-0.25, -0.2) is 0 Å². The van der Waals surface area contributed by atoms with Crippen LogP contribution in [0.5, 0.6) is 5.75 Å². The summed E-state index contributed by atoms with van der Waals surface area (Å²) in [5.41, 5.74) is 0.296. The fourth-order valence-corrected chi connectivity index (χ4v) is 4.80. The molecule has 0 radical (unpaired) electrons. The van der Waals surface area contributed by atoms with Gasteiger partial charge < -0.3 is 25.0 Å². The molecular weight excluding hydrogens is 402 g/mol. The van der Waals surface area contributed by atoms with E-state index in [1.807, 2.05) is 0 Å². The minimum atomic E-state index is -0.852. The molecule has 166 valence electrons. The average molecular weight is 436 g/mol. The molecule has 0 aromatic heterocycles. The van der Waals surface area contributed by atoms with E-state index in [0.717, 1.165) is 56.5 Å². The molecule has 3 fully saturated rings. The van der Waals surface area contributed by atoms with E-state index >= 15 is 0 Å². The van der Waals surface area contributed by atoms with E-state index in [4.69, 9.17) is 16.3 Å². The first kappa shape index (κ1) is 21.7. The van der Waals surface area contributed by atoms with Crippen molar-refractivity contribution >= 4 is 23.2 Å². The first-order valence-corrected chi connectivity index (χ1v) is 11.9. The number of anilines is 1. The molecule has 0 spiro atoms. The lowest BCUT2D eigenvalue weighted by molar-refractivity contribution is -0.120. The van der Waals surface area contributed by atoms with Crippen molar-refractivity contribution < 1.29 is 14.6 Å². The fourth-order valence-electron chi connectivity index (χ4n) is 4.71. The zero-order chi connectivity index (χ0) is 21.0. The molecule has 1 saturated carbocycles. The topological polar surface area (TPSA) is 65.0 Å². The molecule has 1 aromatic carbocycles. The summed E-state index contributed by atoms with van der Waals surface area (Å²) < 4.78 is 6.24. The van der Waals surface area contributed by atoms with Crippen molar-refractivity contribution in [3.05, 3.63) is 24.3 Å². The summed E-state index contributed by atoms with van der Waals surface area (Å²) in [6.45, 7) is 4.10. The number of nitrogens with zero attached hydrogens (tertiary/aromatic N) is 2. The first-order valence-electron chi connectivity index (χ1n) is 11.4. The molecule has 0 unspecified atom stereocenters. The molecule has 1 aliphatic carbocycles. The Morgan fingerprint density at radius 2 is 1.77 bits per heavy atom. The van der Waals surface area contributed by atoms with Gasteiger partial charge in [0.15, 0.2) is 0 Å². The summed E-state index contributed by atoms with van der Waals surface area (Å²) in [6, 6.07) is 9.19. The molecule has 2 aliphatic heterocycles. The van der Waals surface area contributed by atoms with E-state index in [0.29, 0.717) is 18.9 Å². The monoisotopic (exact) mass is 435 g/mol. The van der Waals surface area contributed by atoms with Gasteiger partial charge in [-0.1, -0.05) is 6.42 Å². The lowest BCUT2D eigenvalue weighted by Crippen LogP contribution is -2.51. The Hall–Kier alpha value is -1.50. The van der Waals surface area contributed by atoms with Crippen molar-refractivity contribution in [2.45, 2.75) is 62.7 Å². The fraction of sp³-hybridized carbons (Fsp3) is 0.696. The summed E-state index contributed by atoms with van der Waals surface area (Å²) >= 11 is 5.51. The number of hydrogen-bond donors (Lipinski definition) is 2. The molecule has 0 bridgehead atoms. The van der Waals surface area contributed by atoms with Crippen molar-refractivity contribution in [2.24, 2.45) is 0 Å². The van der Waals surface area contributed by atoms with Crippen molar-refractivity contribution in [1.82, 2.24) is 10.2 Å². The zero-order valence-corrected chi connectivity index (χ0v) is 18.4. The Kier molecular flexibility index (Phi) is 7.06. The largest absolute Gasteiger partial charge is 0.490 e. The molecule has 30 heavy (non-hydrogen) atoms. The molecule has 4 rings (SSSR count). The number of benzene rings is 1. The SMILES string of the molecule is O=C(CCl)NCC1(O)CCN(c2ccc(OC3CCN(C4CCC4)CC3)cc2)CC1. The predicted octanol–water partition coefficient (Wildman–Crippen LogP) is 2.77. The van der Waals surface area contributed by atoms with Gasteiger partial charge in [0.25, 0.3) is 0 Å². The number of hydrogen-bond acceptors (Lipinski definition) is 5. The normalized spacial score (nSPS) is 23.1. The maximum absolute atomic E-state index is 11.3. The van der Waals surface area contributed by atoms with Gasteiger partial charge in [-0.15, -0.1) is 11.6 Å². The van der Waals surface area contributed by atoms with Crippen LogP contribution in [0.4, 0.5) is 5.69 Å². The number of likely N-dealkylation sites (tertiary alicyclic amines) is 1. The second kappa shape index (κ2) is 9.75. The highest BCUT2D eigenvalue weighted by molar-refractivity contribution is 6.27. The number of alkyl halides is 1. The van der Waals surface area contributed by atoms with Gasteiger partial charge in [-0.3, -0.25) is 4.79 Å². The lowest BCUT2D eigenvalue weighted by Gasteiger charge is -2.41. The van der Waals surface area contributed by atoms with Crippen LogP contribution < -0.4 is 15.0 Å². The summed E-state index contributed by atoms with van der Waals surface area (Å²) in [5, 5.41) is 13.4. The van der Waals surface area contributed by atoms with Crippen LogP contribution in [0, 0.1) is 0 Å². The Labute approximate surface area is 184 Å². The van der Waals surface area contributed by atoms with Crippen LogP contribution in [0.25, 0.3) is 0 Å². The molecule has 1 aromatic rings. The van der Waals surface area contributed by atoms with Crippen LogP contribution in [-0.2, 0) is 4.79 Å². The average Bonchev–Trinajstić information content (AvgIpc) is 2.73. The summed E-state index contributed by atoms with van der Waals surface area (Å²) in [5.74, 6) is 0.631. The van der Waals surface area contributed by atoms with E-state index < -0.39 is 5.60 Å². The van der Waals surface area contributed by atoms with E-state index in [1.165, 1.54) is 19.3 Å². The van der Waals surface area contributed by atoms with Gasteiger partial charge in [0.1, 0.15) is 17.7 Å². The van der Waals surface area contributed by atoms with Gasteiger partial charge in [-0.05, 0) is 62.8 Å². The lowest BCUT2D eigenvalue weighted by atomic mass is 9.90. The Morgan fingerprint density at radius 3 is 2.33 bits per heavy atom. The van der Waals surface area contributed by atoms with Crippen molar-refractivity contribution in [2.75, 3.05) is 43.5 Å². The summed E-state index contributed by atoms with van der Waals surface area (Å²) in [4.78, 5) is 16.3. The number of ether oxygens (including phenoxy) is 1. The van der Waals surface area contributed by atoms with Crippen LogP contribution in [-0.4, -0.2) is 72.3 Å². The highest BCUT2D eigenvalue weighted by Crippen LogP contribution is 2.30. The van der Waals surface area contributed by atoms with Crippen LogP contribution in [0.15, 0.2) is 24.3 Å². The zero-order valence-electron chi connectivity index (χ0n) is 17.7. The molecule has 6 nitrogen and oxygen atoms in total. The Morgan fingerprint density at radius 1 is 1.10 bits per heavy atom. The number of piperidine rings is 2.